The van der Waals surface area contributed by atoms with Crippen LogP contribution in [0.3, 0.4) is 0 Å². The molecule has 120 valence electrons. The van der Waals surface area contributed by atoms with Crippen LogP contribution in [0, 0.1) is 0 Å². The number of nitrogens with one attached hydrogen (secondary N) is 1. The van der Waals surface area contributed by atoms with E-state index in [2.05, 4.69) is 5.32 Å². The van der Waals surface area contributed by atoms with Crippen molar-refractivity contribution in [1.82, 2.24) is 5.32 Å². The molecule has 0 saturated carbocycles. The van der Waals surface area contributed by atoms with Gasteiger partial charge in [-0.25, -0.2) is 0 Å². The Bertz CT molecular complexity index is 535. The molecule has 5 nitrogen and oxygen atoms in total. The van der Waals surface area contributed by atoms with Crippen LogP contribution < -0.4 is 15.8 Å². The lowest BCUT2D eigenvalue weighted by Crippen LogP contribution is -2.30. The molecule has 2 rings (SSSR count). The molecule has 1 heterocycles. The van der Waals surface area contributed by atoms with E-state index in [1.807, 2.05) is 26.0 Å². The summed E-state index contributed by atoms with van der Waals surface area (Å²) in [6.07, 6.45) is 5.55. The topological polar surface area (TPSA) is 73.6 Å². The Balaban J connectivity index is 1.86. The van der Waals surface area contributed by atoms with E-state index in [1.54, 1.807) is 12.1 Å². The van der Waals surface area contributed by atoms with Gasteiger partial charge in [-0.15, -0.1) is 0 Å². The van der Waals surface area contributed by atoms with Gasteiger partial charge in [0.25, 0.3) is 0 Å². The number of benzene rings is 1. The number of carbonyl (C=O) groups is 1. The average molecular weight is 304 g/mol. The Hall–Kier alpha value is -2.01. The third kappa shape index (κ3) is 5.07. The molecular formula is C17H24N2O3. The summed E-state index contributed by atoms with van der Waals surface area (Å²) in [5.41, 5.74) is 7.37. The van der Waals surface area contributed by atoms with Crippen molar-refractivity contribution in [2.75, 3.05) is 18.9 Å². The minimum absolute atomic E-state index is 0.0762. The van der Waals surface area contributed by atoms with Gasteiger partial charge in [0.15, 0.2) is 0 Å². The van der Waals surface area contributed by atoms with Gasteiger partial charge >= 0.3 is 0 Å². The van der Waals surface area contributed by atoms with E-state index in [9.17, 15) is 4.79 Å². The number of nitrogen functional groups attached to an aromatic ring is 1. The molecule has 1 aromatic rings. The highest BCUT2D eigenvalue weighted by molar-refractivity contribution is 5.91. The smallest absolute Gasteiger partial charge is 0.244 e. The van der Waals surface area contributed by atoms with Crippen LogP contribution in [0.4, 0.5) is 5.69 Å². The molecule has 1 aromatic carbocycles. The van der Waals surface area contributed by atoms with Gasteiger partial charge in [0, 0.05) is 19.2 Å². The number of hydrogen-bond donors (Lipinski definition) is 2. The van der Waals surface area contributed by atoms with Crippen LogP contribution in [0.2, 0.25) is 0 Å². The van der Waals surface area contributed by atoms with Gasteiger partial charge in [0.05, 0.1) is 17.9 Å². The second kappa shape index (κ2) is 7.84. The van der Waals surface area contributed by atoms with Crippen molar-refractivity contribution in [1.29, 1.82) is 0 Å². The zero-order chi connectivity index (χ0) is 15.9. The zero-order valence-electron chi connectivity index (χ0n) is 13.2. The highest BCUT2D eigenvalue weighted by atomic mass is 16.5. The number of hydrogen-bond acceptors (Lipinski definition) is 4. The maximum atomic E-state index is 11.8. The van der Waals surface area contributed by atoms with Gasteiger partial charge in [-0.3, -0.25) is 4.79 Å². The lowest BCUT2D eigenvalue weighted by molar-refractivity contribution is -0.116. The van der Waals surface area contributed by atoms with E-state index in [1.165, 1.54) is 6.08 Å². The Morgan fingerprint density at radius 3 is 3.00 bits per heavy atom. The molecule has 0 spiro atoms. The first-order valence-electron chi connectivity index (χ1n) is 7.68. The van der Waals surface area contributed by atoms with E-state index < -0.39 is 0 Å². The second-order valence-electron chi connectivity index (χ2n) is 5.68. The van der Waals surface area contributed by atoms with Crippen LogP contribution in [0.5, 0.6) is 5.75 Å². The summed E-state index contributed by atoms with van der Waals surface area (Å²) in [6.45, 7) is 5.25. The Kier molecular flexibility index (Phi) is 5.83. The summed E-state index contributed by atoms with van der Waals surface area (Å²) >= 11 is 0. The van der Waals surface area contributed by atoms with Crippen LogP contribution in [-0.4, -0.2) is 31.3 Å². The summed E-state index contributed by atoms with van der Waals surface area (Å²) in [5.74, 6) is 0.534. The van der Waals surface area contributed by atoms with Gasteiger partial charge in [-0.2, -0.15) is 0 Å². The van der Waals surface area contributed by atoms with Crippen molar-refractivity contribution in [3.05, 3.63) is 29.8 Å². The molecule has 0 aliphatic carbocycles. The molecule has 0 bridgehead atoms. The van der Waals surface area contributed by atoms with Crippen LogP contribution in [0.15, 0.2) is 24.3 Å². The fraction of sp³-hybridized carbons (Fsp3) is 0.471. The Labute approximate surface area is 131 Å². The highest BCUT2D eigenvalue weighted by Crippen LogP contribution is 2.24. The van der Waals surface area contributed by atoms with Crippen molar-refractivity contribution in [3.63, 3.8) is 0 Å². The number of nitrogens with two attached hydrogens (primary N) is 1. The van der Waals surface area contributed by atoms with Crippen molar-refractivity contribution in [2.24, 2.45) is 0 Å². The maximum absolute atomic E-state index is 11.8. The Morgan fingerprint density at radius 2 is 2.36 bits per heavy atom. The lowest BCUT2D eigenvalue weighted by Gasteiger charge is -2.12. The van der Waals surface area contributed by atoms with E-state index in [0.717, 1.165) is 25.0 Å². The van der Waals surface area contributed by atoms with Gasteiger partial charge < -0.3 is 20.5 Å². The Morgan fingerprint density at radius 1 is 1.55 bits per heavy atom. The summed E-state index contributed by atoms with van der Waals surface area (Å²) in [5, 5.41) is 2.84. The first kappa shape index (κ1) is 16.4. The van der Waals surface area contributed by atoms with E-state index in [-0.39, 0.29) is 18.1 Å². The monoisotopic (exact) mass is 304 g/mol. The summed E-state index contributed by atoms with van der Waals surface area (Å²) in [6, 6.07) is 5.48. The molecule has 0 radical (unpaired) electrons. The third-order valence-electron chi connectivity index (χ3n) is 3.35. The molecule has 1 amide bonds. The average Bonchev–Trinajstić information content (AvgIpc) is 2.98. The number of anilines is 1. The lowest BCUT2D eigenvalue weighted by atomic mass is 10.1. The SMILES string of the molecule is CC(C)Oc1ccc(/C=C\C(=O)NCC2CCCO2)cc1N. The van der Waals surface area contributed by atoms with E-state index in [4.69, 9.17) is 15.2 Å². The molecule has 5 heteroatoms. The quantitative estimate of drug-likeness (QED) is 0.625. The zero-order valence-corrected chi connectivity index (χ0v) is 13.2. The van der Waals surface area contributed by atoms with Gasteiger partial charge in [0.1, 0.15) is 5.75 Å². The normalized spacial score (nSPS) is 18.0. The predicted octanol–water partition coefficient (Wildman–Crippen LogP) is 2.36. The number of rotatable bonds is 6. The van der Waals surface area contributed by atoms with Crippen LogP contribution in [0.25, 0.3) is 6.08 Å². The molecule has 1 saturated heterocycles. The van der Waals surface area contributed by atoms with Crippen molar-refractivity contribution >= 4 is 17.7 Å². The summed E-state index contributed by atoms with van der Waals surface area (Å²) in [4.78, 5) is 11.8. The van der Waals surface area contributed by atoms with Gasteiger partial charge in [-0.1, -0.05) is 6.07 Å². The molecule has 1 unspecified atom stereocenters. The molecule has 3 N–H and O–H groups in total. The molecule has 1 fully saturated rings. The third-order valence-corrected chi connectivity index (χ3v) is 3.35. The first-order chi connectivity index (χ1) is 10.5. The van der Waals surface area contributed by atoms with Gasteiger partial charge in [-0.05, 0) is 50.5 Å². The van der Waals surface area contributed by atoms with Crippen LogP contribution in [-0.2, 0) is 9.53 Å². The predicted molar refractivity (Wildman–Crippen MR) is 87.6 cm³/mol. The first-order valence-corrected chi connectivity index (χ1v) is 7.68. The summed E-state index contributed by atoms with van der Waals surface area (Å²) < 4.78 is 11.0. The van der Waals surface area contributed by atoms with E-state index >= 15 is 0 Å². The molecule has 1 atom stereocenters. The number of amides is 1. The second-order valence-corrected chi connectivity index (χ2v) is 5.68. The minimum Gasteiger partial charge on any atom is -0.489 e. The van der Waals surface area contributed by atoms with E-state index in [0.29, 0.717) is 18.0 Å². The fourth-order valence-electron chi connectivity index (χ4n) is 2.28. The maximum Gasteiger partial charge on any atom is 0.244 e. The van der Waals surface area contributed by atoms with Gasteiger partial charge in [0.2, 0.25) is 5.91 Å². The van der Waals surface area contributed by atoms with Crippen LogP contribution in [0.1, 0.15) is 32.3 Å². The van der Waals surface area contributed by atoms with Crippen LogP contribution >= 0.6 is 0 Å². The number of ether oxygens (including phenoxy) is 2. The number of carbonyl (C=O) groups excluding carboxylic acids is 1. The van der Waals surface area contributed by atoms with Crippen molar-refractivity contribution in [3.8, 4) is 5.75 Å². The molecule has 22 heavy (non-hydrogen) atoms. The highest BCUT2D eigenvalue weighted by Gasteiger charge is 2.15. The largest absolute Gasteiger partial charge is 0.489 e. The summed E-state index contributed by atoms with van der Waals surface area (Å²) in [7, 11) is 0. The molecular weight excluding hydrogens is 280 g/mol. The van der Waals surface area contributed by atoms with Crippen molar-refractivity contribution in [2.45, 2.75) is 38.9 Å². The standard InChI is InChI=1S/C17H24N2O3/c1-12(2)22-16-7-5-13(10-15(16)18)6-8-17(20)19-11-14-4-3-9-21-14/h5-8,10,12,14H,3-4,9,11,18H2,1-2H3,(H,19,20)/b8-6-. The minimum atomic E-state index is -0.128. The molecule has 0 aromatic heterocycles. The molecule has 1 aliphatic rings. The molecule has 1 aliphatic heterocycles. The van der Waals surface area contributed by atoms with Crippen molar-refractivity contribution < 1.29 is 14.3 Å². The fourth-order valence-corrected chi connectivity index (χ4v) is 2.28.